The van der Waals surface area contributed by atoms with Crippen molar-refractivity contribution in [2.45, 2.75) is 19.9 Å². The summed E-state index contributed by atoms with van der Waals surface area (Å²) < 4.78 is 26.3. The smallest absolute Gasteiger partial charge is 0.128 e. The molecule has 1 atom stereocenters. The van der Waals surface area contributed by atoms with Gasteiger partial charge in [-0.1, -0.05) is 11.6 Å². The van der Waals surface area contributed by atoms with Gasteiger partial charge in [0.2, 0.25) is 0 Å². The average molecular weight is 212 g/mol. The Morgan fingerprint density at radius 2 is 2.07 bits per heavy atom. The van der Waals surface area contributed by atoms with Gasteiger partial charge in [-0.25, -0.2) is 14.2 Å². The summed E-state index contributed by atoms with van der Waals surface area (Å²) in [4.78, 5) is 0. The predicted molar refractivity (Wildman–Crippen MR) is 55.9 cm³/mol. The van der Waals surface area contributed by atoms with Gasteiger partial charge in [0.1, 0.15) is 11.6 Å². The Morgan fingerprint density at radius 3 is 2.60 bits per heavy atom. The Balaban J connectivity index is 3.11. The zero-order chi connectivity index (χ0) is 11.4. The molecule has 0 aliphatic carbocycles. The van der Waals surface area contributed by atoms with Gasteiger partial charge < -0.3 is 0 Å². The van der Waals surface area contributed by atoms with Crippen molar-refractivity contribution < 1.29 is 8.78 Å². The van der Waals surface area contributed by atoms with Crippen LogP contribution in [0.2, 0.25) is 0 Å². The first-order valence-electron chi connectivity index (χ1n) is 4.60. The summed E-state index contributed by atoms with van der Waals surface area (Å²) >= 11 is 0. The second kappa shape index (κ2) is 5.00. The van der Waals surface area contributed by atoms with Crippen LogP contribution in [0.1, 0.15) is 25.5 Å². The highest BCUT2D eigenvalue weighted by atomic mass is 19.1. The minimum absolute atomic E-state index is 0.207. The van der Waals surface area contributed by atoms with Crippen molar-refractivity contribution in [1.29, 1.82) is 0 Å². The van der Waals surface area contributed by atoms with Crippen molar-refractivity contribution in [2.75, 3.05) is 0 Å². The summed E-state index contributed by atoms with van der Waals surface area (Å²) in [5, 5.41) is 0. The van der Waals surface area contributed by atoms with Crippen LogP contribution in [0.3, 0.4) is 0 Å². The van der Waals surface area contributed by atoms with Crippen LogP contribution in [-0.2, 0) is 0 Å². The zero-order valence-corrected chi connectivity index (χ0v) is 8.72. The predicted octanol–water partition coefficient (Wildman–Crippen LogP) is 2.44. The number of hydrazine groups is 1. The van der Waals surface area contributed by atoms with Crippen LogP contribution in [0, 0.1) is 11.6 Å². The molecule has 1 rings (SSSR count). The summed E-state index contributed by atoms with van der Waals surface area (Å²) in [5.41, 5.74) is 3.62. The van der Waals surface area contributed by atoms with Gasteiger partial charge in [-0.05, 0) is 32.0 Å². The molecule has 0 saturated heterocycles. The van der Waals surface area contributed by atoms with Gasteiger partial charge in [0.15, 0.2) is 0 Å². The van der Waals surface area contributed by atoms with Crippen molar-refractivity contribution in [3.63, 3.8) is 0 Å². The van der Waals surface area contributed by atoms with Crippen LogP contribution in [0.25, 0.3) is 0 Å². The van der Waals surface area contributed by atoms with Gasteiger partial charge >= 0.3 is 0 Å². The number of benzene rings is 1. The fourth-order valence-electron chi connectivity index (χ4n) is 1.31. The van der Waals surface area contributed by atoms with Crippen LogP contribution >= 0.6 is 0 Å². The molecule has 1 unspecified atom stereocenters. The van der Waals surface area contributed by atoms with E-state index in [-0.39, 0.29) is 5.56 Å². The molecule has 1 aromatic carbocycles. The second-order valence-electron chi connectivity index (χ2n) is 3.55. The molecule has 0 aliphatic heterocycles. The number of nitrogens with one attached hydrogen (secondary N) is 1. The quantitative estimate of drug-likeness (QED) is 0.459. The maximum atomic E-state index is 13.4. The van der Waals surface area contributed by atoms with Gasteiger partial charge in [-0.2, -0.15) is 0 Å². The van der Waals surface area contributed by atoms with Crippen LogP contribution in [0.15, 0.2) is 29.8 Å². The van der Waals surface area contributed by atoms with E-state index in [9.17, 15) is 8.78 Å². The summed E-state index contributed by atoms with van der Waals surface area (Å²) in [7, 11) is 0. The van der Waals surface area contributed by atoms with Crippen molar-refractivity contribution in [2.24, 2.45) is 5.84 Å². The van der Waals surface area contributed by atoms with Crippen LogP contribution < -0.4 is 11.3 Å². The van der Waals surface area contributed by atoms with E-state index in [1.807, 2.05) is 13.8 Å². The topological polar surface area (TPSA) is 38.0 Å². The largest absolute Gasteiger partial charge is 0.271 e. The van der Waals surface area contributed by atoms with E-state index >= 15 is 0 Å². The number of hydrogen-bond acceptors (Lipinski definition) is 2. The molecule has 0 aliphatic rings. The highest BCUT2D eigenvalue weighted by Crippen LogP contribution is 2.19. The van der Waals surface area contributed by atoms with Crippen molar-refractivity contribution in [3.05, 3.63) is 47.0 Å². The van der Waals surface area contributed by atoms with Crippen molar-refractivity contribution in [1.82, 2.24) is 5.43 Å². The third-order valence-electron chi connectivity index (χ3n) is 1.97. The van der Waals surface area contributed by atoms with E-state index in [2.05, 4.69) is 5.43 Å². The Morgan fingerprint density at radius 1 is 1.40 bits per heavy atom. The number of hydrogen-bond donors (Lipinski definition) is 2. The molecule has 0 aromatic heterocycles. The molecule has 2 nitrogen and oxygen atoms in total. The lowest BCUT2D eigenvalue weighted by atomic mass is 10.0. The summed E-state index contributed by atoms with van der Waals surface area (Å²) in [5.74, 6) is 4.34. The fourth-order valence-corrected chi connectivity index (χ4v) is 1.31. The molecule has 0 radical (unpaired) electrons. The van der Waals surface area contributed by atoms with Crippen LogP contribution in [-0.4, -0.2) is 0 Å². The maximum Gasteiger partial charge on any atom is 0.128 e. The van der Waals surface area contributed by atoms with Gasteiger partial charge in [-0.3, -0.25) is 5.84 Å². The molecule has 0 amide bonds. The fraction of sp³-hybridized carbons (Fsp3) is 0.273. The standard InChI is InChI=1S/C11H14F2N2/c1-7(2)5-11(15-14)9-6-8(12)3-4-10(9)13/h3-6,11,15H,14H2,1-2H3. The zero-order valence-electron chi connectivity index (χ0n) is 8.72. The van der Waals surface area contributed by atoms with Crippen LogP contribution in [0.4, 0.5) is 8.78 Å². The summed E-state index contributed by atoms with van der Waals surface area (Å²) in [6, 6.07) is 2.80. The molecule has 0 fully saturated rings. The molecule has 0 bridgehead atoms. The molecule has 4 heteroatoms. The first-order valence-corrected chi connectivity index (χ1v) is 4.60. The van der Waals surface area contributed by atoms with Gasteiger partial charge in [-0.15, -0.1) is 0 Å². The number of nitrogens with two attached hydrogens (primary N) is 1. The Bertz CT molecular complexity index is 371. The summed E-state index contributed by atoms with van der Waals surface area (Å²) in [6.07, 6.45) is 1.73. The molecule has 0 heterocycles. The Hall–Kier alpha value is -1.26. The van der Waals surface area contributed by atoms with Gasteiger partial charge in [0.05, 0.1) is 6.04 Å². The van der Waals surface area contributed by atoms with Crippen LogP contribution in [0.5, 0.6) is 0 Å². The lowest BCUT2D eigenvalue weighted by molar-refractivity contribution is 0.551. The van der Waals surface area contributed by atoms with E-state index in [4.69, 9.17) is 5.84 Å². The van der Waals surface area contributed by atoms with E-state index in [0.29, 0.717) is 0 Å². The molecular weight excluding hydrogens is 198 g/mol. The maximum absolute atomic E-state index is 13.4. The second-order valence-corrected chi connectivity index (χ2v) is 3.55. The average Bonchev–Trinajstić information content (AvgIpc) is 2.18. The first kappa shape index (κ1) is 11.8. The minimum atomic E-state index is -0.509. The van der Waals surface area contributed by atoms with E-state index < -0.39 is 17.7 Å². The minimum Gasteiger partial charge on any atom is -0.271 e. The normalized spacial score (nSPS) is 12.3. The molecule has 0 saturated carbocycles. The third kappa shape index (κ3) is 3.11. The van der Waals surface area contributed by atoms with E-state index in [1.54, 1.807) is 6.08 Å². The number of halogens is 2. The Kier molecular flexibility index (Phi) is 3.94. The first-order chi connectivity index (χ1) is 7.04. The lowest BCUT2D eigenvalue weighted by Gasteiger charge is -2.13. The van der Waals surface area contributed by atoms with Gasteiger partial charge in [0, 0.05) is 5.56 Å². The molecule has 0 spiro atoms. The number of rotatable bonds is 3. The van der Waals surface area contributed by atoms with E-state index in [0.717, 1.165) is 23.8 Å². The molecular formula is C11H14F2N2. The SMILES string of the molecule is CC(C)=CC(NN)c1cc(F)ccc1F. The number of allylic oxidation sites excluding steroid dienone is 1. The molecule has 1 aromatic rings. The molecule has 82 valence electrons. The van der Waals surface area contributed by atoms with Gasteiger partial charge in [0.25, 0.3) is 0 Å². The molecule has 3 N–H and O–H groups in total. The van der Waals surface area contributed by atoms with Crippen molar-refractivity contribution >= 4 is 0 Å². The van der Waals surface area contributed by atoms with Crippen molar-refractivity contribution in [3.8, 4) is 0 Å². The summed E-state index contributed by atoms with van der Waals surface area (Å²) in [6.45, 7) is 3.73. The molecule has 15 heavy (non-hydrogen) atoms. The van der Waals surface area contributed by atoms with E-state index in [1.165, 1.54) is 0 Å². The monoisotopic (exact) mass is 212 g/mol. The lowest BCUT2D eigenvalue weighted by Crippen LogP contribution is -2.27. The highest BCUT2D eigenvalue weighted by molar-refractivity contribution is 5.26. The highest BCUT2D eigenvalue weighted by Gasteiger charge is 2.12. The Labute approximate surface area is 87.8 Å². The third-order valence-corrected chi connectivity index (χ3v) is 1.97.